The van der Waals surface area contributed by atoms with Gasteiger partial charge in [-0.05, 0) is 251 Å². The van der Waals surface area contributed by atoms with Crippen molar-refractivity contribution in [3.8, 4) is 89.0 Å². The van der Waals surface area contributed by atoms with Gasteiger partial charge in [0.2, 0.25) is 0 Å². The molecule has 0 amide bonds. The second kappa shape index (κ2) is 24.6. The topological polar surface area (TPSA) is 6.48 Å². The minimum Gasteiger partial charge on any atom is -0.310 e. The van der Waals surface area contributed by atoms with Crippen LogP contribution in [0.1, 0.15) is 146 Å². The van der Waals surface area contributed by atoms with Crippen molar-refractivity contribution < 1.29 is 0 Å². The highest BCUT2D eigenvalue weighted by Gasteiger charge is 2.54. The number of fused-ring (bicyclic) bond motifs is 26. The smallest absolute Gasteiger partial charge is 0.0726 e. The fourth-order valence-electron chi connectivity index (χ4n) is 21.8. The predicted molar refractivity (Wildman–Crippen MR) is 476 cm³/mol. The molecule has 0 heterocycles. The number of hydrogen-bond acceptors (Lipinski definition) is 2. The van der Waals surface area contributed by atoms with E-state index in [1.807, 2.05) is 0 Å². The first-order valence-corrected chi connectivity index (χ1v) is 40.8. The summed E-state index contributed by atoms with van der Waals surface area (Å²) in [5.74, 6) is 0. The van der Waals surface area contributed by atoms with E-state index in [1.165, 1.54) is 172 Å². The van der Waals surface area contributed by atoms with E-state index in [4.69, 9.17) is 0 Å². The average Bonchev–Trinajstić information content (AvgIpc) is 1.50. The van der Waals surface area contributed by atoms with Gasteiger partial charge in [0.1, 0.15) is 0 Å². The van der Waals surface area contributed by atoms with Gasteiger partial charge in [0.15, 0.2) is 0 Å². The van der Waals surface area contributed by atoms with Gasteiger partial charge < -0.3 is 9.80 Å². The third kappa shape index (κ3) is 9.61. The van der Waals surface area contributed by atoms with Gasteiger partial charge in [0.25, 0.3) is 0 Å². The Kier molecular flexibility index (Phi) is 14.6. The Morgan fingerprint density at radius 2 is 0.544 bits per heavy atom. The number of benzene rings is 16. The Morgan fingerprint density at radius 1 is 0.219 bits per heavy atom. The van der Waals surface area contributed by atoms with Gasteiger partial charge in [-0.15, -0.1) is 0 Å². The van der Waals surface area contributed by atoms with Crippen LogP contribution in [0.3, 0.4) is 0 Å². The van der Waals surface area contributed by atoms with E-state index in [2.05, 4.69) is 430 Å². The summed E-state index contributed by atoms with van der Waals surface area (Å²) < 4.78 is 0. The molecule has 6 aliphatic rings. The number of para-hydroxylation sites is 1. The summed E-state index contributed by atoms with van der Waals surface area (Å²) in [5.41, 5.74) is 45.5. The Balaban J connectivity index is 0.639. The molecule has 0 saturated heterocycles. The first kappa shape index (κ1) is 68.0. The summed E-state index contributed by atoms with van der Waals surface area (Å²) in [5, 5.41) is 0. The lowest BCUT2D eigenvalue weighted by Gasteiger charge is -2.34. The minimum absolute atomic E-state index is 0.0392. The zero-order valence-corrected chi connectivity index (χ0v) is 66.2. The Hall–Kier alpha value is -12.9. The van der Waals surface area contributed by atoms with Gasteiger partial charge in [-0.1, -0.05) is 353 Å². The number of anilines is 6. The molecule has 0 bridgehead atoms. The van der Waals surface area contributed by atoms with Crippen LogP contribution in [-0.2, 0) is 38.9 Å². The van der Waals surface area contributed by atoms with Crippen LogP contribution in [0, 0.1) is 0 Å². The van der Waals surface area contributed by atoms with Crippen molar-refractivity contribution in [1.29, 1.82) is 0 Å². The van der Waals surface area contributed by atoms with Crippen molar-refractivity contribution >= 4 is 34.1 Å². The van der Waals surface area contributed by atoms with Crippen LogP contribution >= 0.6 is 0 Å². The van der Waals surface area contributed by atoms with E-state index in [0.717, 1.165) is 40.5 Å². The van der Waals surface area contributed by atoms with Crippen LogP contribution in [0.4, 0.5) is 34.1 Å². The van der Waals surface area contributed by atoms with Gasteiger partial charge in [-0.25, -0.2) is 0 Å². The lowest BCUT2D eigenvalue weighted by Crippen LogP contribution is -2.27. The molecule has 22 rings (SSSR count). The lowest BCUT2D eigenvalue weighted by molar-refractivity contribution is 0.521. The zero-order valence-electron chi connectivity index (χ0n) is 66.2. The third-order valence-corrected chi connectivity index (χ3v) is 27.2. The van der Waals surface area contributed by atoms with E-state index in [-0.39, 0.29) is 21.7 Å². The quantitative estimate of drug-likeness (QED) is 0.127. The maximum atomic E-state index is 2.61. The molecule has 2 spiro atoms. The molecule has 2 atom stereocenters. The maximum absolute atomic E-state index is 2.61. The van der Waals surface area contributed by atoms with Gasteiger partial charge >= 0.3 is 0 Å². The van der Waals surface area contributed by atoms with Crippen molar-refractivity contribution in [2.24, 2.45) is 0 Å². The second-order valence-electron chi connectivity index (χ2n) is 35.6. The molecule has 0 aliphatic heterocycles. The molecule has 0 saturated carbocycles. The second-order valence-corrected chi connectivity index (χ2v) is 35.6. The average molecular weight is 1460 g/mol. The van der Waals surface area contributed by atoms with E-state index in [1.54, 1.807) is 0 Å². The van der Waals surface area contributed by atoms with Gasteiger partial charge in [-0.3, -0.25) is 0 Å². The first-order valence-electron chi connectivity index (χ1n) is 40.8. The largest absolute Gasteiger partial charge is 0.310 e. The predicted octanol–water partition coefficient (Wildman–Crippen LogP) is 29.1. The van der Waals surface area contributed by atoms with Crippen molar-refractivity contribution in [3.63, 3.8) is 0 Å². The van der Waals surface area contributed by atoms with Crippen LogP contribution < -0.4 is 9.80 Å². The highest BCUT2D eigenvalue weighted by Crippen LogP contribution is 2.67. The SMILES string of the molecule is CC(C)(C)c1ccc2c(c1)C1(c3ccccc3-c3ccc(N(c4ccc(-c5cccc(CC(C)(C)c6ccc7c(c6)C6(c8ccccc8-c8ccc(N(c9ccc%10c(c9)C(C)(C)c9ccccc9-%10)c9ccccc9-c9ccccc9)cc86)c6ccccc6-7)c5)cc4)c4ccc5c(c4)C(C)(C)c4ccccc4-5)cc31)c1ccccc1-2. The Morgan fingerprint density at radius 3 is 1.00 bits per heavy atom. The molecule has 546 valence electrons. The first-order chi connectivity index (χ1) is 55.4. The molecule has 2 nitrogen and oxygen atoms in total. The molecule has 6 aliphatic carbocycles. The normalized spacial score (nSPS) is 16.5. The molecule has 0 aromatic heterocycles. The Labute approximate surface area is 671 Å². The van der Waals surface area contributed by atoms with Crippen molar-refractivity contribution in [1.82, 2.24) is 0 Å². The number of nitrogens with zero attached hydrogens (tertiary/aromatic N) is 2. The van der Waals surface area contributed by atoms with Gasteiger partial charge in [0.05, 0.1) is 16.5 Å². The molecule has 0 fully saturated rings. The minimum atomic E-state index is -0.601. The molecule has 0 radical (unpaired) electrons. The van der Waals surface area contributed by atoms with E-state index >= 15 is 0 Å². The maximum Gasteiger partial charge on any atom is 0.0726 e. The highest BCUT2D eigenvalue weighted by molar-refractivity contribution is 6.00. The number of rotatable bonds is 11. The van der Waals surface area contributed by atoms with E-state index in [9.17, 15) is 0 Å². The fourth-order valence-corrected chi connectivity index (χ4v) is 21.8. The molecule has 114 heavy (non-hydrogen) atoms. The van der Waals surface area contributed by atoms with Crippen molar-refractivity contribution in [2.75, 3.05) is 9.80 Å². The Bertz CT molecular complexity index is 6710. The standard InChI is InChI=1S/C112H88N2/c1-107(2,3)74-48-56-90-84-35-15-22-41-96(84)111(102(90)63-74)98-43-24-17-37-86(98)92-60-53-78(67-104(92)111)113(77-52-58-88-82-33-13-20-39-94(82)109(6,7)100(88)65-77)76-50-46-71(47-51-76)73-31-27-28-70(62-73)69-108(4,5)75-49-57-91-85-36-16-23-42-97(85)112(103(91)64-75)99-44-25-18-38-87(99)93-61-55-80(68-105(93)112)114(106-45-26-19-32-81(106)72-29-11-10-12-30-72)79-54-59-89-83-34-14-21-40-95(83)110(8,9)101(89)66-79/h10-68H,69H2,1-9H3. The van der Waals surface area contributed by atoms with E-state index < -0.39 is 10.8 Å². The lowest BCUT2D eigenvalue weighted by atomic mass is 9.69. The van der Waals surface area contributed by atoms with Crippen LogP contribution in [0.15, 0.2) is 358 Å². The van der Waals surface area contributed by atoms with Crippen molar-refractivity contribution in [3.05, 3.63) is 441 Å². The molecule has 0 N–H and O–H groups in total. The highest BCUT2D eigenvalue weighted by atomic mass is 15.2. The summed E-state index contributed by atoms with van der Waals surface area (Å²) in [7, 11) is 0. The van der Waals surface area contributed by atoms with Crippen LogP contribution in [0.5, 0.6) is 0 Å². The van der Waals surface area contributed by atoms with Crippen LogP contribution in [0.2, 0.25) is 0 Å². The van der Waals surface area contributed by atoms with Crippen LogP contribution in [0.25, 0.3) is 89.0 Å². The zero-order chi connectivity index (χ0) is 76.9. The molecular formula is C112H88N2. The summed E-state index contributed by atoms with van der Waals surface area (Å²) in [4.78, 5) is 5.08. The molecule has 2 heteroatoms. The fraction of sp³-hybridized carbons (Fsp3) is 0.143. The molecule has 16 aromatic rings. The molecular weight excluding hydrogens is 1370 g/mol. The third-order valence-electron chi connectivity index (χ3n) is 27.2. The van der Waals surface area contributed by atoms with E-state index in [0.29, 0.717) is 0 Å². The van der Waals surface area contributed by atoms with Gasteiger partial charge in [-0.2, -0.15) is 0 Å². The number of hydrogen-bond donors (Lipinski definition) is 0. The summed E-state index contributed by atoms with van der Waals surface area (Å²) >= 11 is 0. The van der Waals surface area contributed by atoms with Crippen molar-refractivity contribution in [2.45, 2.75) is 101 Å². The van der Waals surface area contributed by atoms with Gasteiger partial charge in [0, 0.05) is 44.8 Å². The monoisotopic (exact) mass is 1460 g/mol. The van der Waals surface area contributed by atoms with Crippen LogP contribution in [-0.4, -0.2) is 0 Å². The summed E-state index contributed by atoms with van der Waals surface area (Å²) in [6.45, 7) is 21.5. The molecule has 16 aromatic carbocycles. The summed E-state index contributed by atoms with van der Waals surface area (Å²) in [6.07, 6.45) is 0.843. The molecule has 2 unspecified atom stereocenters. The summed E-state index contributed by atoms with van der Waals surface area (Å²) in [6, 6.07) is 138.